The van der Waals surface area contributed by atoms with E-state index in [1.165, 1.54) is 12.1 Å². The molecular weight excluding hydrogens is 285 g/mol. The van der Waals surface area contributed by atoms with E-state index < -0.39 is 0 Å². The predicted molar refractivity (Wildman–Crippen MR) is 69.4 cm³/mol. The molecule has 2 unspecified atom stereocenters. The van der Waals surface area contributed by atoms with Gasteiger partial charge in [0, 0.05) is 17.1 Å². The van der Waals surface area contributed by atoms with E-state index in [9.17, 15) is 4.39 Å². The van der Waals surface area contributed by atoms with Gasteiger partial charge in [-0.1, -0.05) is 22.0 Å². The Morgan fingerprint density at radius 3 is 2.94 bits per heavy atom. The van der Waals surface area contributed by atoms with Crippen LogP contribution in [-0.2, 0) is 11.2 Å². The SMILES string of the molecule is CC1(C(N)Cc2ccc(F)cc2Br)CCCO1. The summed E-state index contributed by atoms with van der Waals surface area (Å²) in [6, 6.07) is 4.65. The van der Waals surface area contributed by atoms with E-state index in [0.29, 0.717) is 6.42 Å². The number of hydrogen-bond acceptors (Lipinski definition) is 2. The second-order valence-electron chi connectivity index (χ2n) is 4.81. The average Bonchev–Trinajstić information content (AvgIpc) is 2.71. The Hall–Kier alpha value is -0.450. The standard InChI is InChI=1S/C13H17BrFNO/c1-13(5-2-6-17-13)12(16)7-9-3-4-10(15)8-11(9)14/h3-4,8,12H,2,5-7,16H2,1H3. The summed E-state index contributed by atoms with van der Waals surface area (Å²) in [5, 5.41) is 0. The fraction of sp³-hybridized carbons (Fsp3) is 0.538. The van der Waals surface area contributed by atoms with Crippen LogP contribution in [-0.4, -0.2) is 18.2 Å². The number of benzene rings is 1. The van der Waals surface area contributed by atoms with Gasteiger partial charge in [0.25, 0.3) is 0 Å². The van der Waals surface area contributed by atoms with Crippen molar-refractivity contribution in [3.05, 3.63) is 34.1 Å². The summed E-state index contributed by atoms with van der Waals surface area (Å²) in [6.45, 7) is 2.84. The lowest BCUT2D eigenvalue weighted by Gasteiger charge is -2.30. The van der Waals surface area contributed by atoms with E-state index >= 15 is 0 Å². The van der Waals surface area contributed by atoms with Gasteiger partial charge in [0.1, 0.15) is 5.82 Å². The fourth-order valence-corrected chi connectivity index (χ4v) is 2.75. The van der Waals surface area contributed by atoms with Crippen LogP contribution in [0.15, 0.2) is 22.7 Å². The third-order valence-electron chi connectivity index (χ3n) is 3.49. The molecule has 2 rings (SSSR count). The molecule has 1 aromatic rings. The Kier molecular flexibility index (Phi) is 3.85. The average molecular weight is 302 g/mol. The molecule has 17 heavy (non-hydrogen) atoms. The van der Waals surface area contributed by atoms with Crippen molar-refractivity contribution >= 4 is 15.9 Å². The van der Waals surface area contributed by atoms with Gasteiger partial charge in [-0.25, -0.2) is 4.39 Å². The molecule has 0 amide bonds. The van der Waals surface area contributed by atoms with Gasteiger partial charge in [-0.2, -0.15) is 0 Å². The largest absolute Gasteiger partial charge is 0.374 e. The van der Waals surface area contributed by atoms with Crippen molar-refractivity contribution in [3.63, 3.8) is 0 Å². The second kappa shape index (κ2) is 5.04. The van der Waals surface area contributed by atoms with Crippen LogP contribution < -0.4 is 5.73 Å². The van der Waals surface area contributed by atoms with Gasteiger partial charge in [0.2, 0.25) is 0 Å². The quantitative estimate of drug-likeness (QED) is 0.931. The molecule has 0 aliphatic carbocycles. The van der Waals surface area contributed by atoms with E-state index in [-0.39, 0.29) is 17.5 Å². The first-order valence-corrected chi connectivity index (χ1v) is 6.64. The lowest BCUT2D eigenvalue weighted by molar-refractivity contribution is -0.000940. The van der Waals surface area contributed by atoms with Crippen LogP contribution >= 0.6 is 15.9 Å². The van der Waals surface area contributed by atoms with Crippen molar-refractivity contribution in [2.75, 3.05) is 6.61 Å². The fourth-order valence-electron chi connectivity index (χ4n) is 2.23. The van der Waals surface area contributed by atoms with Gasteiger partial charge in [0.15, 0.2) is 0 Å². The van der Waals surface area contributed by atoms with Crippen molar-refractivity contribution in [2.24, 2.45) is 5.73 Å². The predicted octanol–water partition coefficient (Wildman–Crippen LogP) is 3.03. The lowest BCUT2D eigenvalue weighted by atomic mass is 9.89. The van der Waals surface area contributed by atoms with Crippen LogP contribution in [0.1, 0.15) is 25.3 Å². The summed E-state index contributed by atoms with van der Waals surface area (Å²) in [7, 11) is 0. The van der Waals surface area contributed by atoms with E-state index in [1.807, 2.05) is 0 Å². The Morgan fingerprint density at radius 2 is 2.35 bits per heavy atom. The van der Waals surface area contributed by atoms with Crippen molar-refractivity contribution in [1.82, 2.24) is 0 Å². The van der Waals surface area contributed by atoms with Crippen LogP contribution in [0.5, 0.6) is 0 Å². The van der Waals surface area contributed by atoms with Crippen LogP contribution in [0.2, 0.25) is 0 Å². The maximum Gasteiger partial charge on any atom is 0.124 e. The van der Waals surface area contributed by atoms with E-state index in [0.717, 1.165) is 29.5 Å². The Bertz CT molecular complexity index is 404. The molecular formula is C13H17BrFNO. The molecule has 0 radical (unpaired) electrons. The van der Waals surface area contributed by atoms with Crippen molar-refractivity contribution < 1.29 is 9.13 Å². The monoisotopic (exact) mass is 301 g/mol. The molecule has 0 bridgehead atoms. The summed E-state index contributed by atoms with van der Waals surface area (Å²) >= 11 is 3.37. The molecule has 2 N–H and O–H groups in total. The molecule has 2 nitrogen and oxygen atoms in total. The minimum Gasteiger partial charge on any atom is -0.374 e. The van der Waals surface area contributed by atoms with Gasteiger partial charge < -0.3 is 10.5 Å². The number of ether oxygens (including phenoxy) is 1. The summed E-state index contributed by atoms with van der Waals surface area (Å²) in [6.07, 6.45) is 2.75. The molecule has 1 fully saturated rings. The summed E-state index contributed by atoms with van der Waals surface area (Å²) in [5.74, 6) is -0.238. The smallest absolute Gasteiger partial charge is 0.124 e. The Morgan fingerprint density at radius 1 is 1.59 bits per heavy atom. The van der Waals surface area contributed by atoms with Crippen molar-refractivity contribution in [1.29, 1.82) is 0 Å². The van der Waals surface area contributed by atoms with Gasteiger partial charge in [-0.3, -0.25) is 0 Å². The van der Waals surface area contributed by atoms with Crippen molar-refractivity contribution in [2.45, 2.75) is 37.8 Å². The summed E-state index contributed by atoms with van der Waals surface area (Å²) < 4.78 is 19.5. The molecule has 1 saturated heterocycles. The highest BCUT2D eigenvalue weighted by atomic mass is 79.9. The van der Waals surface area contributed by atoms with Gasteiger partial charge in [-0.15, -0.1) is 0 Å². The molecule has 0 saturated carbocycles. The molecule has 4 heteroatoms. The molecule has 94 valence electrons. The lowest BCUT2D eigenvalue weighted by Crippen LogP contribution is -2.46. The molecule has 1 aliphatic heterocycles. The summed E-state index contributed by atoms with van der Waals surface area (Å²) in [5.41, 5.74) is 6.99. The van der Waals surface area contributed by atoms with E-state index in [4.69, 9.17) is 10.5 Å². The Balaban J connectivity index is 2.10. The van der Waals surface area contributed by atoms with Crippen molar-refractivity contribution in [3.8, 4) is 0 Å². The number of hydrogen-bond donors (Lipinski definition) is 1. The minimum absolute atomic E-state index is 0.0632. The topological polar surface area (TPSA) is 35.2 Å². The number of nitrogens with two attached hydrogens (primary N) is 1. The van der Waals surface area contributed by atoms with E-state index in [2.05, 4.69) is 22.9 Å². The number of halogens is 2. The molecule has 2 atom stereocenters. The second-order valence-corrected chi connectivity index (χ2v) is 5.67. The Labute approximate surface area is 109 Å². The minimum atomic E-state index is -0.242. The van der Waals surface area contributed by atoms with Crippen LogP contribution in [0.4, 0.5) is 4.39 Å². The molecule has 1 aromatic carbocycles. The zero-order valence-corrected chi connectivity index (χ0v) is 11.5. The maximum absolute atomic E-state index is 13.0. The third-order valence-corrected chi connectivity index (χ3v) is 4.23. The normalized spacial score (nSPS) is 26.1. The third kappa shape index (κ3) is 2.87. The first-order valence-electron chi connectivity index (χ1n) is 5.85. The zero-order chi connectivity index (χ0) is 12.5. The first-order chi connectivity index (χ1) is 8.01. The van der Waals surface area contributed by atoms with Gasteiger partial charge in [-0.05, 0) is 43.9 Å². The van der Waals surface area contributed by atoms with Crippen LogP contribution in [0, 0.1) is 5.82 Å². The summed E-state index contributed by atoms with van der Waals surface area (Å²) in [4.78, 5) is 0. The van der Waals surface area contributed by atoms with Gasteiger partial charge >= 0.3 is 0 Å². The van der Waals surface area contributed by atoms with Crippen LogP contribution in [0.3, 0.4) is 0 Å². The van der Waals surface area contributed by atoms with Gasteiger partial charge in [0.05, 0.1) is 5.60 Å². The highest BCUT2D eigenvalue weighted by Crippen LogP contribution is 2.30. The highest BCUT2D eigenvalue weighted by molar-refractivity contribution is 9.10. The van der Waals surface area contributed by atoms with E-state index in [1.54, 1.807) is 6.07 Å². The van der Waals surface area contributed by atoms with Crippen LogP contribution in [0.25, 0.3) is 0 Å². The molecule has 0 aromatic heterocycles. The highest BCUT2D eigenvalue weighted by Gasteiger charge is 2.36. The molecule has 1 heterocycles. The molecule has 0 spiro atoms. The molecule has 1 aliphatic rings. The zero-order valence-electron chi connectivity index (χ0n) is 9.88. The maximum atomic E-state index is 13.0. The first kappa shape index (κ1) is 13.0. The number of rotatable bonds is 3.